The van der Waals surface area contributed by atoms with Crippen molar-refractivity contribution in [1.29, 1.82) is 0 Å². The number of carboxylic acids is 1. The average Bonchev–Trinajstić information content (AvgIpc) is 3.60. The zero-order chi connectivity index (χ0) is 25.8. The van der Waals surface area contributed by atoms with Crippen molar-refractivity contribution in [3.63, 3.8) is 0 Å². The molecule has 0 atom stereocenters. The van der Waals surface area contributed by atoms with E-state index in [-0.39, 0.29) is 35.4 Å². The van der Waals surface area contributed by atoms with Gasteiger partial charge in [0.1, 0.15) is 35.5 Å². The summed E-state index contributed by atoms with van der Waals surface area (Å²) < 4.78 is 19.7. The number of aromatic nitrogens is 3. The van der Waals surface area contributed by atoms with Crippen molar-refractivity contribution in [3.8, 4) is 22.8 Å². The Labute approximate surface area is 205 Å². The lowest BCUT2D eigenvalue weighted by Gasteiger charge is -2.29. The largest absolute Gasteiger partial charge is 0.505 e. The number of aliphatic hydroxyl groups excluding tert-OH is 1. The van der Waals surface area contributed by atoms with Gasteiger partial charge in [-0.15, -0.1) is 0 Å². The SMILES string of the molecule is NC1CCN(C(=O)CO)CC1.O=C(O)c1c[nH]c2c(-c3cc(F)c(O)cc3OCC3CC3)ncnc12. The van der Waals surface area contributed by atoms with Crippen LogP contribution in [0, 0.1) is 11.7 Å². The summed E-state index contributed by atoms with van der Waals surface area (Å²) in [6.45, 7) is 1.48. The molecule has 0 unspecified atom stereocenters. The molecule has 0 radical (unpaired) electrons. The Bertz CT molecular complexity index is 1250. The van der Waals surface area contributed by atoms with E-state index >= 15 is 0 Å². The average molecular weight is 502 g/mol. The number of aromatic amines is 1. The second-order valence-electron chi connectivity index (χ2n) is 8.88. The fourth-order valence-corrected chi connectivity index (χ4v) is 3.89. The molecule has 1 aromatic carbocycles. The number of fused-ring (bicyclic) bond motifs is 1. The second kappa shape index (κ2) is 10.9. The number of nitrogens with zero attached hydrogens (tertiary/aromatic N) is 3. The van der Waals surface area contributed by atoms with Crippen molar-refractivity contribution < 1.29 is 34.0 Å². The van der Waals surface area contributed by atoms with Gasteiger partial charge in [0.25, 0.3) is 0 Å². The van der Waals surface area contributed by atoms with Crippen LogP contribution in [0.1, 0.15) is 36.0 Å². The number of aliphatic hydroxyl groups is 1. The molecule has 1 saturated heterocycles. The molecule has 5 rings (SSSR count). The number of hydrogen-bond acceptors (Lipinski definition) is 8. The Hall–Kier alpha value is -3.77. The van der Waals surface area contributed by atoms with Gasteiger partial charge in [-0.1, -0.05) is 0 Å². The number of nitrogens with one attached hydrogen (secondary N) is 1. The molecule has 1 saturated carbocycles. The molecular weight excluding hydrogens is 473 g/mol. The fraction of sp³-hybridized carbons (Fsp3) is 0.417. The molecule has 36 heavy (non-hydrogen) atoms. The van der Waals surface area contributed by atoms with Gasteiger partial charge in [0.2, 0.25) is 5.91 Å². The number of phenolic OH excluding ortho intramolecular Hbond substituents is 1. The van der Waals surface area contributed by atoms with E-state index in [0.717, 1.165) is 31.7 Å². The third-order valence-electron chi connectivity index (χ3n) is 6.20. The highest BCUT2D eigenvalue weighted by Gasteiger charge is 2.25. The minimum absolute atomic E-state index is 0.00153. The number of hydrogen-bond donors (Lipinski definition) is 5. The number of aromatic carboxylic acids is 1. The van der Waals surface area contributed by atoms with Crippen molar-refractivity contribution in [2.45, 2.75) is 31.7 Å². The van der Waals surface area contributed by atoms with Crippen LogP contribution in [0.5, 0.6) is 11.5 Å². The minimum Gasteiger partial charge on any atom is -0.505 e. The van der Waals surface area contributed by atoms with Crippen LogP contribution in [-0.2, 0) is 4.79 Å². The predicted molar refractivity (Wildman–Crippen MR) is 127 cm³/mol. The first-order valence-corrected chi connectivity index (χ1v) is 11.6. The molecule has 3 aromatic rings. The summed E-state index contributed by atoms with van der Waals surface area (Å²) in [4.78, 5) is 34.8. The smallest absolute Gasteiger partial charge is 0.339 e. The van der Waals surface area contributed by atoms with Gasteiger partial charge in [-0.05, 0) is 37.7 Å². The monoisotopic (exact) mass is 501 g/mol. The molecule has 0 spiro atoms. The Morgan fingerprint density at radius 2 is 1.92 bits per heavy atom. The van der Waals surface area contributed by atoms with Gasteiger partial charge in [0, 0.05) is 37.0 Å². The molecule has 0 bridgehead atoms. The van der Waals surface area contributed by atoms with Crippen LogP contribution in [0.15, 0.2) is 24.7 Å². The first-order chi connectivity index (χ1) is 17.3. The summed E-state index contributed by atoms with van der Waals surface area (Å²) in [5.74, 6) is -1.88. The third-order valence-corrected chi connectivity index (χ3v) is 6.20. The summed E-state index contributed by atoms with van der Waals surface area (Å²) >= 11 is 0. The Morgan fingerprint density at radius 3 is 2.56 bits per heavy atom. The standard InChI is InChI=1S/C17H14FN3O4.C7H14N2O2/c18-11-3-9(13(4-12(11)22)25-6-8-1-2-8)14-16-15(21-7-20-14)10(5-19-16)17(23)24;8-6-1-3-9(4-2-6)7(11)5-10/h3-5,7-8,19,22H,1-2,6H2,(H,23,24);6,10H,1-5,8H2. The van der Waals surface area contributed by atoms with E-state index in [2.05, 4.69) is 15.0 Å². The molecule has 1 aliphatic heterocycles. The van der Waals surface area contributed by atoms with Crippen LogP contribution in [-0.4, -0.2) is 79.4 Å². The molecule has 2 aromatic heterocycles. The zero-order valence-corrected chi connectivity index (χ0v) is 19.5. The normalized spacial score (nSPS) is 15.9. The number of halogens is 1. The van der Waals surface area contributed by atoms with Crippen LogP contribution in [0.25, 0.3) is 22.3 Å². The van der Waals surface area contributed by atoms with Gasteiger partial charge >= 0.3 is 5.97 Å². The van der Waals surface area contributed by atoms with Gasteiger partial charge in [-0.3, -0.25) is 4.79 Å². The van der Waals surface area contributed by atoms with E-state index < -0.39 is 17.5 Å². The number of aromatic hydroxyl groups is 1. The summed E-state index contributed by atoms with van der Waals surface area (Å²) in [6.07, 6.45) is 6.40. The van der Waals surface area contributed by atoms with E-state index in [4.69, 9.17) is 15.6 Å². The summed E-state index contributed by atoms with van der Waals surface area (Å²) in [5, 5.41) is 27.4. The quantitative estimate of drug-likeness (QED) is 0.338. The van der Waals surface area contributed by atoms with Gasteiger partial charge in [0.15, 0.2) is 11.6 Å². The summed E-state index contributed by atoms with van der Waals surface area (Å²) in [5.41, 5.74) is 6.85. The molecular formula is C24H28FN5O6. The fourth-order valence-electron chi connectivity index (χ4n) is 3.89. The number of likely N-dealkylation sites (tertiary alicyclic amines) is 1. The molecule has 1 amide bonds. The molecule has 3 heterocycles. The predicted octanol–water partition coefficient (Wildman–Crippen LogP) is 1.88. The first kappa shape index (κ1) is 25.3. The second-order valence-corrected chi connectivity index (χ2v) is 8.88. The first-order valence-electron chi connectivity index (χ1n) is 11.6. The number of piperidine rings is 1. The maximum Gasteiger partial charge on any atom is 0.339 e. The highest BCUT2D eigenvalue weighted by atomic mass is 19.1. The lowest BCUT2D eigenvalue weighted by atomic mass is 10.1. The number of carbonyl (C=O) groups is 2. The number of nitrogens with two attached hydrogens (primary N) is 1. The lowest BCUT2D eigenvalue weighted by Crippen LogP contribution is -2.43. The van der Waals surface area contributed by atoms with Crippen LogP contribution in [0.4, 0.5) is 4.39 Å². The summed E-state index contributed by atoms with van der Waals surface area (Å²) in [6, 6.07) is 2.57. The van der Waals surface area contributed by atoms with E-state index in [1.54, 1.807) is 4.90 Å². The van der Waals surface area contributed by atoms with Gasteiger partial charge in [0.05, 0.1) is 12.1 Å². The van der Waals surface area contributed by atoms with Crippen molar-refractivity contribution in [3.05, 3.63) is 36.0 Å². The van der Waals surface area contributed by atoms with Gasteiger partial charge in [-0.2, -0.15) is 0 Å². The van der Waals surface area contributed by atoms with Gasteiger partial charge in [-0.25, -0.2) is 19.2 Å². The molecule has 2 aliphatic rings. The number of H-pyrrole nitrogens is 1. The van der Waals surface area contributed by atoms with Crippen molar-refractivity contribution in [2.24, 2.45) is 11.7 Å². The van der Waals surface area contributed by atoms with Crippen molar-refractivity contribution >= 4 is 22.9 Å². The topological polar surface area (TPSA) is 175 Å². The number of rotatable bonds is 6. The van der Waals surface area contributed by atoms with E-state index in [1.807, 2.05) is 0 Å². The van der Waals surface area contributed by atoms with Crippen molar-refractivity contribution in [2.75, 3.05) is 26.3 Å². The highest BCUT2D eigenvalue weighted by molar-refractivity contribution is 6.04. The Kier molecular flexibility index (Phi) is 7.65. The number of carbonyl (C=O) groups excluding carboxylic acids is 1. The van der Waals surface area contributed by atoms with Gasteiger partial charge < -0.3 is 35.7 Å². The number of ether oxygens (including phenoxy) is 1. The number of carboxylic acid groups (broad SMARTS) is 1. The molecule has 192 valence electrons. The van der Waals surface area contributed by atoms with Crippen LogP contribution in [0.3, 0.4) is 0 Å². The molecule has 2 fully saturated rings. The number of phenols is 1. The molecule has 6 N–H and O–H groups in total. The highest BCUT2D eigenvalue weighted by Crippen LogP contribution is 2.38. The summed E-state index contributed by atoms with van der Waals surface area (Å²) in [7, 11) is 0. The Balaban J connectivity index is 0.000000233. The minimum atomic E-state index is -1.13. The molecule has 1 aliphatic carbocycles. The van der Waals surface area contributed by atoms with Crippen LogP contribution in [0.2, 0.25) is 0 Å². The lowest BCUT2D eigenvalue weighted by molar-refractivity contribution is -0.135. The number of amides is 1. The number of benzene rings is 1. The van der Waals surface area contributed by atoms with Crippen LogP contribution < -0.4 is 10.5 Å². The maximum absolute atomic E-state index is 13.9. The maximum atomic E-state index is 13.9. The van der Waals surface area contributed by atoms with E-state index in [1.165, 1.54) is 18.6 Å². The zero-order valence-electron chi connectivity index (χ0n) is 19.5. The molecule has 12 heteroatoms. The van der Waals surface area contributed by atoms with Crippen LogP contribution >= 0.6 is 0 Å². The van der Waals surface area contributed by atoms with E-state index in [9.17, 15) is 24.2 Å². The Morgan fingerprint density at radius 1 is 1.19 bits per heavy atom. The molecule has 11 nitrogen and oxygen atoms in total. The van der Waals surface area contributed by atoms with Crippen molar-refractivity contribution in [1.82, 2.24) is 19.9 Å². The van der Waals surface area contributed by atoms with E-state index in [0.29, 0.717) is 42.4 Å². The third kappa shape index (κ3) is 5.71.